The molecule has 1 nitrogen and oxygen atoms in total. The smallest absolute Gasteiger partial charge is 0.0466 e. The molecular weight excluding hydrogens is 202 g/mol. The molecule has 1 rings (SSSR count). The summed E-state index contributed by atoms with van der Waals surface area (Å²) >= 11 is 0. The predicted molar refractivity (Wildman–Crippen MR) is 54.6 cm³/mol. The third kappa shape index (κ3) is 25.9. The second kappa shape index (κ2) is 29.7. The summed E-state index contributed by atoms with van der Waals surface area (Å²) in [5.41, 5.74) is 0. The van der Waals surface area contributed by atoms with Gasteiger partial charge in [-0.1, -0.05) is 0 Å². The van der Waals surface area contributed by atoms with E-state index in [0.29, 0.717) is 0 Å². The Morgan fingerprint density at radius 1 is 0.545 bits per heavy atom. The van der Waals surface area contributed by atoms with E-state index in [1.165, 1.54) is 12.8 Å². The van der Waals surface area contributed by atoms with E-state index in [9.17, 15) is 0 Å². The van der Waals surface area contributed by atoms with E-state index >= 15 is 0 Å². The van der Waals surface area contributed by atoms with Gasteiger partial charge in [0.2, 0.25) is 0 Å². The van der Waals surface area contributed by atoms with Crippen molar-refractivity contribution in [1.82, 2.24) is 0 Å². The zero-order valence-electron chi connectivity index (χ0n) is 9.24. The zero-order chi connectivity index (χ0) is 3.54. The van der Waals surface area contributed by atoms with E-state index in [1.54, 1.807) is 0 Å². The van der Waals surface area contributed by atoms with Crippen molar-refractivity contribution in [2.45, 2.75) is 12.8 Å². The fraction of sp³-hybridized carbons (Fsp3) is 1.00. The summed E-state index contributed by atoms with van der Waals surface area (Å²) in [6, 6.07) is 0. The van der Waals surface area contributed by atoms with Crippen LogP contribution in [-0.4, -0.2) is 191 Å². The Hall–Kier alpha value is 5.96. The minimum atomic E-state index is 0. The summed E-state index contributed by atoms with van der Waals surface area (Å²) < 4.78 is 4.94. The molecule has 1 fully saturated rings. The summed E-state index contributed by atoms with van der Waals surface area (Å²) in [5.74, 6) is 0. The van der Waals surface area contributed by atoms with Crippen LogP contribution >= 0.6 is 0 Å². The maximum absolute atomic E-state index is 4.94. The van der Waals surface area contributed by atoms with Gasteiger partial charge in [-0.25, -0.2) is 0 Å². The topological polar surface area (TPSA) is 9.23 Å². The van der Waals surface area contributed by atoms with E-state index in [-0.39, 0.29) is 177 Å². The molecule has 0 amide bonds. The standard InChI is InChI=1S/C4H8O.6Na/c1-2-4-5-3-1;;;;;;/h1-4H2;;;;;;. The predicted octanol–water partition coefficient (Wildman–Crippen LogP) is -1.49. The SMILES string of the molecule is C1CCOC1.[Na].[Na].[Na].[Na].[Na].[Na]. The third-order valence-corrected chi connectivity index (χ3v) is 0.827. The van der Waals surface area contributed by atoms with Gasteiger partial charge in [0.1, 0.15) is 0 Å². The summed E-state index contributed by atoms with van der Waals surface area (Å²) in [7, 11) is 0. The van der Waals surface area contributed by atoms with Crippen LogP contribution in [0.4, 0.5) is 0 Å². The van der Waals surface area contributed by atoms with Crippen LogP contribution in [0.15, 0.2) is 0 Å². The van der Waals surface area contributed by atoms with Crippen molar-refractivity contribution in [1.29, 1.82) is 0 Å². The van der Waals surface area contributed by atoms with Gasteiger partial charge in [-0.05, 0) is 12.8 Å². The fourth-order valence-electron chi connectivity index (χ4n) is 0.510. The first-order valence-corrected chi connectivity index (χ1v) is 2.08. The summed E-state index contributed by atoms with van der Waals surface area (Å²) in [5, 5.41) is 0. The zero-order valence-corrected chi connectivity index (χ0v) is 21.2. The molecule has 36 valence electrons. The normalized spacial score (nSPS) is 10.9. The average Bonchev–Trinajstić information content (AvgIpc) is 1.76. The summed E-state index contributed by atoms with van der Waals surface area (Å²) in [6.45, 7) is 2.00. The van der Waals surface area contributed by atoms with Gasteiger partial charge in [-0.3, -0.25) is 0 Å². The van der Waals surface area contributed by atoms with Crippen molar-refractivity contribution in [2.24, 2.45) is 0 Å². The van der Waals surface area contributed by atoms with Gasteiger partial charge in [0, 0.05) is 191 Å². The van der Waals surface area contributed by atoms with Crippen molar-refractivity contribution in [3.8, 4) is 0 Å². The van der Waals surface area contributed by atoms with Gasteiger partial charge in [-0.2, -0.15) is 0 Å². The van der Waals surface area contributed by atoms with E-state index in [2.05, 4.69) is 0 Å². The first-order chi connectivity index (χ1) is 2.50. The van der Waals surface area contributed by atoms with Crippen LogP contribution in [0.3, 0.4) is 0 Å². The molecule has 1 saturated heterocycles. The molecule has 0 unspecified atom stereocenters. The van der Waals surface area contributed by atoms with Gasteiger partial charge < -0.3 is 4.74 Å². The molecular formula is C4H8Na6O. The van der Waals surface area contributed by atoms with Gasteiger partial charge in [0.25, 0.3) is 0 Å². The largest absolute Gasteiger partial charge is 0.381 e. The minimum Gasteiger partial charge on any atom is -0.381 e. The maximum atomic E-state index is 4.94. The first kappa shape index (κ1) is 36.0. The van der Waals surface area contributed by atoms with Crippen LogP contribution in [0.2, 0.25) is 0 Å². The van der Waals surface area contributed by atoms with Crippen molar-refractivity contribution < 1.29 is 4.74 Å². The Balaban J connectivity index is -0.0000000104. The Bertz CT molecular complexity index is 26.2. The van der Waals surface area contributed by atoms with E-state index in [4.69, 9.17) is 4.74 Å². The molecule has 6 radical (unpaired) electrons. The molecule has 0 saturated carbocycles. The molecule has 0 atom stereocenters. The molecule has 0 N–H and O–H groups in total. The fourth-order valence-corrected chi connectivity index (χ4v) is 0.510. The summed E-state index contributed by atoms with van der Waals surface area (Å²) in [4.78, 5) is 0. The molecule has 0 aromatic rings. The van der Waals surface area contributed by atoms with Crippen LogP contribution in [0.25, 0.3) is 0 Å². The van der Waals surface area contributed by atoms with Crippen molar-refractivity contribution in [2.75, 3.05) is 13.2 Å². The average molecular weight is 210 g/mol. The van der Waals surface area contributed by atoms with E-state index < -0.39 is 0 Å². The van der Waals surface area contributed by atoms with Crippen molar-refractivity contribution in [3.05, 3.63) is 0 Å². The van der Waals surface area contributed by atoms with Crippen LogP contribution < -0.4 is 0 Å². The van der Waals surface area contributed by atoms with Crippen LogP contribution in [0.5, 0.6) is 0 Å². The molecule has 0 bridgehead atoms. The second-order valence-electron chi connectivity index (χ2n) is 1.32. The van der Waals surface area contributed by atoms with Gasteiger partial charge >= 0.3 is 0 Å². The quantitative estimate of drug-likeness (QED) is 0.443. The molecule has 11 heavy (non-hydrogen) atoms. The minimum absolute atomic E-state index is 0. The summed E-state index contributed by atoms with van der Waals surface area (Å²) in [6.07, 6.45) is 2.56. The van der Waals surface area contributed by atoms with Gasteiger partial charge in [-0.15, -0.1) is 0 Å². The molecule has 0 aromatic heterocycles. The van der Waals surface area contributed by atoms with Crippen LogP contribution in [0, 0.1) is 0 Å². The van der Waals surface area contributed by atoms with E-state index in [1.807, 2.05) is 0 Å². The Kier molecular flexibility index (Phi) is 97.2. The van der Waals surface area contributed by atoms with Crippen molar-refractivity contribution in [3.63, 3.8) is 0 Å². The molecule has 0 spiro atoms. The Morgan fingerprint density at radius 3 is 0.909 bits per heavy atom. The Labute approximate surface area is 202 Å². The van der Waals surface area contributed by atoms with Crippen LogP contribution in [-0.2, 0) is 4.74 Å². The van der Waals surface area contributed by atoms with Gasteiger partial charge in [0.15, 0.2) is 0 Å². The maximum Gasteiger partial charge on any atom is 0.0466 e. The molecule has 0 aliphatic carbocycles. The van der Waals surface area contributed by atoms with E-state index in [0.717, 1.165) is 13.2 Å². The monoisotopic (exact) mass is 210 g/mol. The molecule has 0 aromatic carbocycles. The third-order valence-electron chi connectivity index (χ3n) is 0.827. The van der Waals surface area contributed by atoms with Gasteiger partial charge in [0.05, 0.1) is 0 Å². The molecule has 1 heterocycles. The first-order valence-electron chi connectivity index (χ1n) is 2.08. The molecule has 1 aliphatic rings. The number of hydrogen-bond acceptors (Lipinski definition) is 1. The number of hydrogen-bond donors (Lipinski definition) is 0. The molecule has 1 aliphatic heterocycles. The number of ether oxygens (including phenoxy) is 1. The number of rotatable bonds is 0. The van der Waals surface area contributed by atoms with Crippen LogP contribution in [0.1, 0.15) is 12.8 Å². The second-order valence-corrected chi connectivity index (χ2v) is 1.32. The van der Waals surface area contributed by atoms with Crippen molar-refractivity contribution >= 4 is 177 Å². The molecule has 7 heteroatoms. The Morgan fingerprint density at radius 2 is 0.818 bits per heavy atom.